The van der Waals surface area contributed by atoms with Gasteiger partial charge in [0.05, 0.1) is 4.47 Å². The van der Waals surface area contributed by atoms with Crippen molar-refractivity contribution >= 4 is 49.7 Å². The van der Waals surface area contributed by atoms with Crippen LogP contribution in [0.1, 0.15) is 12.8 Å². The number of halogens is 2. The number of anilines is 2. The molecule has 1 aliphatic heterocycles. The molecular weight excluding hydrogens is 395 g/mol. The van der Waals surface area contributed by atoms with E-state index in [0.717, 1.165) is 18.2 Å². The maximum atomic E-state index is 13.2. The number of amidine groups is 1. The number of hydrogen-bond donors (Lipinski definition) is 2. The molecule has 1 aliphatic rings. The predicted molar refractivity (Wildman–Crippen MR) is 97.5 cm³/mol. The third kappa shape index (κ3) is 3.81. The average molecular weight is 411 g/mol. The molecule has 0 radical (unpaired) electrons. The summed E-state index contributed by atoms with van der Waals surface area (Å²) in [4.78, 5) is 18.9. The van der Waals surface area contributed by atoms with Gasteiger partial charge in [-0.05, 0) is 47.0 Å². The van der Waals surface area contributed by atoms with Gasteiger partial charge in [0, 0.05) is 36.3 Å². The molecule has 2 aromatic rings. The number of hydrogen-bond acceptors (Lipinski definition) is 5. The first-order chi connectivity index (χ1) is 11.5. The molecule has 0 amide bonds. The van der Waals surface area contributed by atoms with Gasteiger partial charge in [-0.1, -0.05) is 0 Å². The Hall–Kier alpha value is -1.80. The fourth-order valence-electron chi connectivity index (χ4n) is 2.69. The second kappa shape index (κ2) is 7.40. The van der Waals surface area contributed by atoms with Crippen LogP contribution in [-0.2, 0) is 4.79 Å². The van der Waals surface area contributed by atoms with Crippen molar-refractivity contribution in [2.75, 3.05) is 23.3 Å². The van der Waals surface area contributed by atoms with Gasteiger partial charge in [0.1, 0.15) is 5.82 Å². The van der Waals surface area contributed by atoms with E-state index in [1.54, 1.807) is 17.5 Å². The molecule has 0 atom stereocenters. The summed E-state index contributed by atoms with van der Waals surface area (Å²) >= 11 is 4.68. The van der Waals surface area contributed by atoms with Crippen LogP contribution in [-0.4, -0.2) is 29.7 Å². The number of carbonyl (C=O) groups is 1. The first-order valence-corrected chi connectivity index (χ1v) is 9.21. The summed E-state index contributed by atoms with van der Waals surface area (Å²) in [6.45, 7) is 1.53. The molecule has 0 unspecified atom stereocenters. The maximum absolute atomic E-state index is 13.2. The Morgan fingerprint density at radius 1 is 1.42 bits per heavy atom. The van der Waals surface area contributed by atoms with E-state index >= 15 is 0 Å². The van der Waals surface area contributed by atoms with Crippen LogP contribution in [0.3, 0.4) is 0 Å². The predicted octanol–water partition coefficient (Wildman–Crippen LogP) is 3.92. The van der Waals surface area contributed by atoms with Gasteiger partial charge in [-0.25, -0.2) is 9.37 Å². The Morgan fingerprint density at radius 3 is 2.79 bits per heavy atom. The van der Waals surface area contributed by atoms with E-state index < -0.39 is 0 Å². The number of thiazole rings is 1. The van der Waals surface area contributed by atoms with Gasteiger partial charge in [-0.3, -0.25) is 10.2 Å². The van der Waals surface area contributed by atoms with Gasteiger partial charge in [0.2, 0.25) is 5.78 Å². The highest BCUT2D eigenvalue weighted by Gasteiger charge is 2.28. The number of carbonyl (C=O) groups excluding carboxylic acids is 1. The molecule has 0 aliphatic carbocycles. The van der Waals surface area contributed by atoms with E-state index in [1.807, 2.05) is 5.38 Å². The number of aromatic nitrogens is 1. The molecule has 0 spiro atoms. The highest BCUT2D eigenvalue weighted by molar-refractivity contribution is 9.10. The van der Waals surface area contributed by atoms with Crippen molar-refractivity contribution < 1.29 is 9.18 Å². The number of benzene rings is 1. The van der Waals surface area contributed by atoms with Crippen molar-refractivity contribution in [2.45, 2.75) is 12.8 Å². The first-order valence-electron chi connectivity index (χ1n) is 7.54. The lowest BCUT2D eigenvalue weighted by Gasteiger charge is -2.31. The van der Waals surface area contributed by atoms with Crippen LogP contribution >= 0.6 is 27.3 Å². The van der Waals surface area contributed by atoms with Crippen molar-refractivity contribution in [1.82, 2.24) is 4.98 Å². The summed E-state index contributed by atoms with van der Waals surface area (Å²) in [5.41, 5.74) is 0.516. The minimum Gasteiger partial charge on any atom is -0.348 e. The van der Waals surface area contributed by atoms with E-state index in [4.69, 9.17) is 5.41 Å². The second-order valence-corrected chi connectivity index (χ2v) is 7.30. The zero-order valence-electron chi connectivity index (χ0n) is 12.8. The topological polar surface area (TPSA) is 69.1 Å². The Balaban J connectivity index is 1.56. The van der Waals surface area contributed by atoms with Crippen molar-refractivity contribution in [3.8, 4) is 0 Å². The van der Waals surface area contributed by atoms with Crippen LogP contribution in [0.5, 0.6) is 0 Å². The number of nitrogens with zero attached hydrogens (tertiary/aromatic N) is 2. The quantitative estimate of drug-likeness (QED) is 0.591. The van der Waals surface area contributed by atoms with E-state index in [0.29, 0.717) is 23.0 Å². The minimum absolute atomic E-state index is 0.152. The molecular formula is C16H16BrFN4OS. The van der Waals surface area contributed by atoms with Gasteiger partial charge in [-0.2, -0.15) is 0 Å². The summed E-state index contributed by atoms with van der Waals surface area (Å²) in [7, 11) is 0. The standard InChI is InChI=1S/C16H16BrFN4OS/c17-12-9-11(1-2-13(12)18)21-15(19)14(23)10-3-6-22(7-4-10)16-20-5-8-24-16/h1-2,5,8-10H,3-4,6-7H2,(H2,19,21). The van der Waals surface area contributed by atoms with Crippen molar-refractivity contribution in [1.29, 1.82) is 5.41 Å². The van der Waals surface area contributed by atoms with E-state index in [9.17, 15) is 9.18 Å². The van der Waals surface area contributed by atoms with Gasteiger partial charge in [0.25, 0.3) is 0 Å². The number of rotatable bonds is 4. The second-order valence-electron chi connectivity index (χ2n) is 5.57. The smallest absolute Gasteiger partial charge is 0.200 e. The van der Waals surface area contributed by atoms with Crippen LogP contribution in [0.15, 0.2) is 34.2 Å². The van der Waals surface area contributed by atoms with Gasteiger partial charge < -0.3 is 10.2 Å². The Kier molecular flexibility index (Phi) is 5.25. The van der Waals surface area contributed by atoms with Crippen molar-refractivity contribution in [3.63, 3.8) is 0 Å². The van der Waals surface area contributed by atoms with Crippen LogP contribution < -0.4 is 10.2 Å². The molecule has 126 valence electrons. The number of nitrogens with one attached hydrogen (secondary N) is 2. The molecule has 24 heavy (non-hydrogen) atoms. The Morgan fingerprint density at radius 2 is 2.17 bits per heavy atom. The summed E-state index contributed by atoms with van der Waals surface area (Å²) in [6.07, 6.45) is 3.18. The maximum Gasteiger partial charge on any atom is 0.200 e. The zero-order valence-corrected chi connectivity index (χ0v) is 15.2. The number of Topliss-reactive ketones (excluding diaryl/α,β-unsaturated/α-hetero) is 1. The van der Waals surface area contributed by atoms with Crippen LogP contribution in [0.25, 0.3) is 0 Å². The Bertz CT molecular complexity index is 745. The number of ketones is 1. The summed E-state index contributed by atoms with van der Waals surface area (Å²) in [5, 5.41) is 13.7. The molecule has 1 aromatic carbocycles. The normalized spacial score (nSPS) is 15.3. The van der Waals surface area contributed by atoms with E-state index in [-0.39, 0.29) is 23.4 Å². The van der Waals surface area contributed by atoms with Gasteiger partial charge in [0.15, 0.2) is 11.0 Å². The fourth-order valence-corrected chi connectivity index (χ4v) is 3.76. The molecule has 2 heterocycles. The lowest BCUT2D eigenvalue weighted by molar-refractivity contribution is -0.117. The van der Waals surface area contributed by atoms with E-state index in [2.05, 4.69) is 31.1 Å². The Labute approximate surface area is 151 Å². The summed E-state index contributed by atoms with van der Waals surface area (Å²) in [6, 6.07) is 4.31. The molecule has 2 N–H and O–H groups in total. The molecule has 3 rings (SSSR count). The molecule has 1 fully saturated rings. The van der Waals surface area contributed by atoms with Gasteiger partial charge >= 0.3 is 0 Å². The van der Waals surface area contributed by atoms with Crippen molar-refractivity contribution in [2.24, 2.45) is 5.92 Å². The molecule has 1 saturated heterocycles. The zero-order chi connectivity index (χ0) is 17.1. The molecule has 8 heteroatoms. The molecule has 5 nitrogen and oxygen atoms in total. The van der Waals surface area contributed by atoms with E-state index in [1.165, 1.54) is 18.2 Å². The number of piperidine rings is 1. The minimum atomic E-state index is -0.382. The fraction of sp³-hybridized carbons (Fsp3) is 0.312. The van der Waals surface area contributed by atoms with Crippen molar-refractivity contribution in [3.05, 3.63) is 40.1 Å². The monoisotopic (exact) mass is 410 g/mol. The SMILES string of the molecule is N=C(Nc1ccc(F)c(Br)c1)C(=O)C1CCN(c2nccs2)CC1. The highest BCUT2D eigenvalue weighted by atomic mass is 79.9. The summed E-state index contributed by atoms with van der Waals surface area (Å²) in [5.74, 6) is -0.895. The highest BCUT2D eigenvalue weighted by Crippen LogP contribution is 2.26. The third-order valence-electron chi connectivity index (χ3n) is 3.99. The molecule has 0 saturated carbocycles. The molecule has 1 aromatic heterocycles. The van der Waals surface area contributed by atoms with Crippen LogP contribution in [0, 0.1) is 17.1 Å². The van der Waals surface area contributed by atoms with Crippen LogP contribution in [0.2, 0.25) is 0 Å². The average Bonchev–Trinajstić information content (AvgIpc) is 3.12. The lowest BCUT2D eigenvalue weighted by atomic mass is 9.92. The molecule has 0 bridgehead atoms. The van der Waals surface area contributed by atoms with Crippen LogP contribution in [0.4, 0.5) is 15.2 Å². The largest absolute Gasteiger partial charge is 0.348 e. The lowest BCUT2D eigenvalue weighted by Crippen LogP contribution is -2.39. The van der Waals surface area contributed by atoms with Gasteiger partial charge in [-0.15, -0.1) is 11.3 Å². The third-order valence-corrected chi connectivity index (χ3v) is 5.43. The summed E-state index contributed by atoms with van der Waals surface area (Å²) < 4.78 is 13.5. The first kappa shape index (κ1) is 17.0.